The summed E-state index contributed by atoms with van der Waals surface area (Å²) in [5.41, 5.74) is 4.53. The van der Waals surface area contributed by atoms with Gasteiger partial charge in [0.15, 0.2) is 5.78 Å². The van der Waals surface area contributed by atoms with Crippen molar-refractivity contribution in [2.75, 3.05) is 33.6 Å². The second-order valence-electron chi connectivity index (χ2n) is 7.98. The molecule has 0 amide bonds. The molecule has 0 atom stereocenters. The lowest BCUT2D eigenvalue weighted by atomic mass is 9.91. The number of hydrogen-bond acceptors (Lipinski definition) is 7. The summed E-state index contributed by atoms with van der Waals surface area (Å²) in [6, 6.07) is 14.7. The smallest absolute Gasteiger partial charge is 0.173 e. The molecular weight excluding hydrogens is 470 g/mol. The highest BCUT2D eigenvalue weighted by Gasteiger charge is 2.27. The van der Waals surface area contributed by atoms with E-state index in [-0.39, 0.29) is 11.5 Å². The van der Waals surface area contributed by atoms with Crippen LogP contribution >= 0.6 is 23.4 Å². The van der Waals surface area contributed by atoms with Crippen molar-refractivity contribution in [2.24, 2.45) is 0 Å². The quantitative estimate of drug-likeness (QED) is 0.328. The summed E-state index contributed by atoms with van der Waals surface area (Å²) in [6.07, 6.45) is 0.759. The van der Waals surface area contributed by atoms with Crippen molar-refractivity contribution in [1.82, 2.24) is 9.88 Å². The molecule has 8 heteroatoms. The average Bonchev–Trinajstić information content (AvgIpc) is 2.86. The highest BCUT2D eigenvalue weighted by molar-refractivity contribution is 8.00. The van der Waals surface area contributed by atoms with Gasteiger partial charge in [-0.1, -0.05) is 23.4 Å². The predicted molar refractivity (Wildman–Crippen MR) is 134 cm³/mol. The van der Waals surface area contributed by atoms with Gasteiger partial charge in [-0.2, -0.15) is 5.26 Å². The molecule has 0 saturated heterocycles. The number of halogens is 1. The molecule has 2 aromatic carbocycles. The maximum Gasteiger partial charge on any atom is 0.173 e. The van der Waals surface area contributed by atoms with Crippen molar-refractivity contribution in [3.63, 3.8) is 0 Å². The van der Waals surface area contributed by atoms with Crippen LogP contribution in [0.2, 0.25) is 5.02 Å². The van der Waals surface area contributed by atoms with Gasteiger partial charge in [0.25, 0.3) is 0 Å². The van der Waals surface area contributed by atoms with E-state index in [4.69, 9.17) is 26.1 Å². The Bertz CT molecular complexity index is 1270. The Labute approximate surface area is 208 Å². The fraction of sp³-hybridized carbons (Fsp3) is 0.269. The number of ketones is 1. The van der Waals surface area contributed by atoms with Crippen LogP contribution in [0.4, 0.5) is 0 Å². The van der Waals surface area contributed by atoms with E-state index in [0.717, 1.165) is 35.3 Å². The number of benzene rings is 2. The summed E-state index contributed by atoms with van der Waals surface area (Å²) >= 11 is 7.23. The normalized spacial score (nSPS) is 13.1. The lowest BCUT2D eigenvalue weighted by Gasteiger charge is -2.28. The maximum absolute atomic E-state index is 12.8. The highest BCUT2D eigenvalue weighted by atomic mass is 35.5. The minimum Gasteiger partial charge on any atom is -0.497 e. The van der Waals surface area contributed by atoms with Gasteiger partial charge in [0.1, 0.15) is 22.6 Å². The van der Waals surface area contributed by atoms with Gasteiger partial charge in [-0.15, -0.1) is 0 Å². The topological polar surface area (TPSA) is 75.5 Å². The zero-order chi connectivity index (χ0) is 24.2. The van der Waals surface area contributed by atoms with Crippen LogP contribution in [-0.2, 0) is 13.0 Å². The third-order valence-corrected chi connectivity index (χ3v) is 7.03. The number of fused-ring (bicyclic) bond motifs is 1. The maximum atomic E-state index is 12.8. The van der Waals surface area contributed by atoms with Crippen LogP contribution in [0, 0.1) is 11.3 Å². The van der Waals surface area contributed by atoms with Crippen molar-refractivity contribution in [2.45, 2.75) is 18.0 Å². The monoisotopic (exact) mass is 493 g/mol. The SMILES string of the molecule is COc1ccc(OC)c(-c2c(C#N)c(SCC(=O)c3ccc(Cl)cc3)nc3c2CN(C)CC3)c1. The Morgan fingerprint density at radius 2 is 1.97 bits per heavy atom. The van der Waals surface area contributed by atoms with Crippen LogP contribution in [0.25, 0.3) is 11.1 Å². The van der Waals surface area contributed by atoms with Crippen LogP contribution in [0.3, 0.4) is 0 Å². The van der Waals surface area contributed by atoms with Gasteiger partial charge >= 0.3 is 0 Å². The number of likely N-dealkylation sites (N-methyl/N-ethyl adjacent to an activating group) is 1. The zero-order valence-electron chi connectivity index (χ0n) is 19.2. The van der Waals surface area contributed by atoms with Gasteiger partial charge in [-0.3, -0.25) is 4.79 Å². The number of thioether (sulfide) groups is 1. The largest absolute Gasteiger partial charge is 0.497 e. The number of Topliss-reactive ketones (excluding diaryl/α,β-unsaturated/α-hetero) is 1. The van der Waals surface area contributed by atoms with E-state index >= 15 is 0 Å². The second-order valence-corrected chi connectivity index (χ2v) is 9.38. The van der Waals surface area contributed by atoms with Crippen molar-refractivity contribution >= 4 is 29.1 Å². The third-order valence-electron chi connectivity index (χ3n) is 5.80. The number of aromatic nitrogens is 1. The fourth-order valence-corrected chi connectivity index (χ4v) is 5.07. The van der Waals surface area contributed by atoms with Crippen LogP contribution in [0.15, 0.2) is 47.5 Å². The lowest BCUT2D eigenvalue weighted by molar-refractivity contribution is 0.102. The minimum absolute atomic E-state index is 0.0506. The molecule has 0 aliphatic carbocycles. The van der Waals surface area contributed by atoms with E-state index in [0.29, 0.717) is 39.2 Å². The first-order chi connectivity index (χ1) is 16.4. The molecule has 0 unspecified atom stereocenters. The second kappa shape index (κ2) is 10.5. The Hall–Kier alpha value is -3.05. The number of ether oxygens (including phenoxy) is 2. The molecule has 6 nitrogen and oxygen atoms in total. The summed E-state index contributed by atoms with van der Waals surface area (Å²) in [7, 11) is 5.27. The Morgan fingerprint density at radius 3 is 2.65 bits per heavy atom. The number of carbonyl (C=O) groups excluding carboxylic acids is 1. The molecule has 3 aromatic rings. The number of hydrogen-bond donors (Lipinski definition) is 0. The van der Waals surface area contributed by atoms with Gasteiger partial charge in [0.2, 0.25) is 0 Å². The first-order valence-electron chi connectivity index (χ1n) is 10.7. The molecule has 0 fully saturated rings. The van der Waals surface area contributed by atoms with Gasteiger partial charge < -0.3 is 14.4 Å². The molecule has 1 aromatic heterocycles. The van der Waals surface area contributed by atoms with E-state index in [9.17, 15) is 10.1 Å². The molecule has 0 saturated carbocycles. The van der Waals surface area contributed by atoms with E-state index < -0.39 is 0 Å². The fourth-order valence-electron chi connectivity index (χ4n) is 4.04. The summed E-state index contributed by atoms with van der Waals surface area (Å²) in [4.78, 5) is 19.8. The summed E-state index contributed by atoms with van der Waals surface area (Å²) in [5, 5.41) is 11.4. The molecule has 2 heterocycles. The molecule has 4 rings (SSSR count). The number of carbonyl (C=O) groups is 1. The van der Waals surface area contributed by atoms with Crippen molar-refractivity contribution in [1.29, 1.82) is 5.26 Å². The molecular formula is C26H24ClN3O3S. The first kappa shape index (κ1) is 24.1. The number of nitrogens with zero attached hydrogens (tertiary/aromatic N) is 3. The third kappa shape index (κ3) is 4.90. The summed E-state index contributed by atoms with van der Waals surface area (Å²) in [6.45, 7) is 1.54. The zero-order valence-corrected chi connectivity index (χ0v) is 20.8. The minimum atomic E-state index is -0.0506. The molecule has 0 spiro atoms. The number of nitriles is 1. The summed E-state index contributed by atoms with van der Waals surface area (Å²) in [5.74, 6) is 1.43. The van der Waals surface area contributed by atoms with Crippen molar-refractivity contribution in [3.8, 4) is 28.7 Å². The van der Waals surface area contributed by atoms with Crippen molar-refractivity contribution in [3.05, 3.63) is 69.9 Å². The molecule has 0 N–H and O–H groups in total. The molecule has 174 valence electrons. The van der Waals surface area contributed by atoms with E-state index in [1.54, 1.807) is 38.5 Å². The Morgan fingerprint density at radius 1 is 1.21 bits per heavy atom. The van der Waals surface area contributed by atoms with E-state index in [2.05, 4.69) is 18.0 Å². The van der Waals surface area contributed by atoms with Crippen LogP contribution in [0.5, 0.6) is 11.5 Å². The standard InChI is InChI=1S/C26H24ClN3O3S/c1-30-11-10-22-21(14-30)25(19-12-18(32-2)8-9-24(19)33-3)20(13-28)26(29-22)34-15-23(31)16-4-6-17(27)7-5-16/h4-9,12H,10-11,14-15H2,1-3H3. The number of methoxy groups -OCH3 is 2. The van der Waals surface area contributed by atoms with Gasteiger partial charge in [-0.05, 0) is 55.1 Å². The van der Waals surface area contributed by atoms with Gasteiger partial charge in [-0.25, -0.2) is 4.98 Å². The highest BCUT2D eigenvalue weighted by Crippen LogP contribution is 2.42. The molecule has 1 aliphatic heterocycles. The Balaban J connectivity index is 1.81. The molecule has 1 aliphatic rings. The van der Waals surface area contributed by atoms with Crippen LogP contribution in [-0.4, -0.2) is 49.2 Å². The van der Waals surface area contributed by atoms with Gasteiger partial charge in [0, 0.05) is 46.9 Å². The molecule has 34 heavy (non-hydrogen) atoms. The van der Waals surface area contributed by atoms with Crippen LogP contribution in [0.1, 0.15) is 27.2 Å². The lowest BCUT2D eigenvalue weighted by Crippen LogP contribution is -2.28. The number of pyridine rings is 1. The van der Waals surface area contributed by atoms with Crippen LogP contribution < -0.4 is 9.47 Å². The molecule has 0 radical (unpaired) electrons. The van der Waals surface area contributed by atoms with E-state index in [1.807, 2.05) is 18.2 Å². The Kier molecular flexibility index (Phi) is 7.42. The average molecular weight is 494 g/mol. The van der Waals surface area contributed by atoms with Crippen molar-refractivity contribution < 1.29 is 14.3 Å². The predicted octanol–water partition coefficient (Wildman–Crippen LogP) is 5.25. The first-order valence-corrected chi connectivity index (χ1v) is 12.1. The van der Waals surface area contributed by atoms with Gasteiger partial charge in [0.05, 0.1) is 25.5 Å². The van der Waals surface area contributed by atoms with E-state index in [1.165, 1.54) is 11.8 Å². The number of rotatable bonds is 7. The summed E-state index contributed by atoms with van der Waals surface area (Å²) < 4.78 is 11.1. The molecule has 0 bridgehead atoms.